The normalized spacial score (nSPS) is 20.8. The highest BCUT2D eigenvalue weighted by Gasteiger charge is 2.46. The van der Waals surface area contributed by atoms with E-state index in [4.69, 9.17) is 20.4 Å². The third-order valence-electron chi connectivity index (χ3n) is 6.27. The number of nitrogens with one attached hydrogen (secondary N) is 2. The maximum atomic E-state index is 13.4. The van der Waals surface area contributed by atoms with E-state index in [9.17, 15) is 32.3 Å². The van der Waals surface area contributed by atoms with Gasteiger partial charge in [-0.25, -0.2) is 9.48 Å². The van der Waals surface area contributed by atoms with Crippen LogP contribution in [0.5, 0.6) is 0 Å². The van der Waals surface area contributed by atoms with Crippen LogP contribution in [-0.2, 0) is 14.4 Å². The number of hydrogen-bond donors (Lipinski definition) is 6. The number of rotatable bonds is 7. The van der Waals surface area contributed by atoms with Crippen molar-refractivity contribution >= 4 is 29.6 Å². The second-order valence-corrected chi connectivity index (χ2v) is 9.34. The second-order valence-electron chi connectivity index (χ2n) is 9.34. The summed E-state index contributed by atoms with van der Waals surface area (Å²) in [6.07, 6.45) is -3.79. The molecule has 0 bridgehead atoms. The summed E-state index contributed by atoms with van der Waals surface area (Å²) in [6.45, 7) is 2.26. The predicted molar refractivity (Wildman–Crippen MR) is 124 cm³/mol. The van der Waals surface area contributed by atoms with Crippen molar-refractivity contribution in [3.63, 3.8) is 0 Å². The molecule has 1 amide bonds. The van der Waals surface area contributed by atoms with E-state index in [1.807, 2.05) is 0 Å². The molecule has 2 aromatic heterocycles. The molecule has 0 radical (unpaired) electrons. The summed E-state index contributed by atoms with van der Waals surface area (Å²) in [5, 5.41) is 47.5. The van der Waals surface area contributed by atoms with Crippen LogP contribution >= 0.6 is 0 Å². The number of hydrogen-bond acceptors (Lipinski definition) is 8. The molecule has 0 aliphatic carbocycles. The second kappa shape index (κ2) is 11.3. The van der Waals surface area contributed by atoms with E-state index in [0.29, 0.717) is 30.2 Å². The van der Waals surface area contributed by atoms with Crippen molar-refractivity contribution in [2.45, 2.75) is 68.9 Å². The van der Waals surface area contributed by atoms with Crippen LogP contribution in [-0.4, -0.2) is 93.5 Å². The van der Waals surface area contributed by atoms with Crippen molar-refractivity contribution in [2.75, 3.05) is 11.9 Å². The van der Waals surface area contributed by atoms with Gasteiger partial charge in [-0.2, -0.15) is 23.4 Å². The first kappa shape index (κ1) is 29.4. The number of halogens is 3. The maximum absolute atomic E-state index is 13.4. The number of aromatic amines is 1. The summed E-state index contributed by atoms with van der Waals surface area (Å²) in [4.78, 5) is 44.8. The zero-order chi connectivity index (χ0) is 29.1. The largest absolute Gasteiger partial charge is 0.481 e. The van der Waals surface area contributed by atoms with Gasteiger partial charge in [-0.15, -0.1) is 0 Å². The smallest absolute Gasteiger partial charge is 0.410 e. The van der Waals surface area contributed by atoms with Gasteiger partial charge >= 0.3 is 24.1 Å². The molecule has 2 aliphatic rings. The van der Waals surface area contributed by atoms with Crippen LogP contribution in [0.25, 0.3) is 0 Å². The quantitative estimate of drug-likeness (QED) is 0.286. The Bertz CT molecular complexity index is 1200. The lowest BCUT2D eigenvalue weighted by Gasteiger charge is -2.31. The number of H-pyrrole nitrogens is 1. The van der Waals surface area contributed by atoms with Crippen LogP contribution < -0.4 is 5.32 Å². The molecule has 2 aromatic rings. The summed E-state index contributed by atoms with van der Waals surface area (Å²) in [5.74, 6) is -4.89. The predicted octanol–water partition coefficient (Wildman–Crippen LogP) is 1.64. The van der Waals surface area contributed by atoms with Crippen molar-refractivity contribution in [1.29, 1.82) is 0 Å². The van der Waals surface area contributed by atoms with Gasteiger partial charge in [0.25, 0.3) is 5.91 Å². The zero-order valence-electron chi connectivity index (χ0n) is 20.6. The molecule has 3 atom stereocenters. The Kier molecular flexibility index (Phi) is 8.52. The van der Waals surface area contributed by atoms with Crippen molar-refractivity contribution in [2.24, 2.45) is 0 Å². The number of aliphatic carboxylic acids is 3. The molecule has 214 valence electrons. The number of amides is 1. The number of aliphatic hydroxyl groups is 1. The van der Waals surface area contributed by atoms with Gasteiger partial charge in [0.1, 0.15) is 11.5 Å². The van der Waals surface area contributed by atoms with Gasteiger partial charge in [-0.3, -0.25) is 19.5 Å². The highest BCUT2D eigenvalue weighted by molar-refractivity contribution is 5.92. The first-order valence-electron chi connectivity index (χ1n) is 11.7. The summed E-state index contributed by atoms with van der Waals surface area (Å²) in [5.41, 5.74) is -1.89. The van der Waals surface area contributed by atoms with Crippen LogP contribution in [0.3, 0.4) is 0 Å². The highest BCUT2D eigenvalue weighted by Crippen LogP contribution is 2.41. The Hall–Kier alpha value is -4.15. The lowest BCUT2D eigenvalue weighted by molar-refractivity contribution is -0.173. The number of carbonyl (C=O) groups is 4. The third-order valence-corrected chi connectivity index (χ3v) is 6.27. The van der Waals surface area contributed by atoms with Gasteiger partial charge in [0.2, 0.25) is 0 Å². The van der Waals surface area contributed by atoms with Crippen LogP contribution in [0, 0.1) is 0 Å². The van der Waals surface area contributed by atoms with Gasteiger partial charge in [0.15, 0.2) is 11.6 Å². The SMILES string of the molecule is C[C@@H]1C[C@H](C(F)(F)F)n2nc(C3CCCN3C(=O)c3ccn[nH]3)cc2N1.O=C(O)CC(O)(CC(=O)O)C(=O)O. The molecule has 1 fully saturated rings. The molecule has 39 heavy (non-hydrogen) atoms. The minimum atomic E-state index is -4.37. The lowest BCUT2D eigenvalue weighted by atomic mass is 9.96. The van der Waals surface area contributed by atoms with Gasteiger partial charge in [0.05, 0.1) is 24.6 Å². The standard InChI is InChI=1S/C16H19F3N6O.C6H8O7/c1-9-7-13(16(17,18)19)25-14(21-9)8-11(23-25)12-3-2-6-24(12)15(26)10-4-5-20-22-10;7-3(8)1-6(13,5(11)12)2-4(9)10/h4-5,8-9,12-13,21H,2-3,6-7H2,1H3,(H,20,22);13H,1-2H2,(H,7,8)(H,9,10)(H,11,12)/t9-,12?,13-;/m1./s1. The molecule has 14 nitrogen and oxygen atoms in total. The fourth-order valence-electron chi connectivity index (χ4n) is 4.50. The highest BCUT2D eigenvalue weighted by atomic mass is 19.4. The Morgan fingerprint density at radius 1 is 1.13 bits per heavy atom. The summed E-state index contributed by atoms with van der Waals surface area (Å²) in [6, 6.07) is 0.928. The topological polar surface area (TPSA) is 211 Å². The molecule has 4 heterocycles. The van der Waals surface area contributed by atoms with E-state index in [0.717, 1.165) is 11.1 Å². The minimum Gasteiger partial charge on any atom is -0.481 e. The van der Waals surface area contributed by atoms with Crippen molar-refractivity contribution in [1.82, 2.24) is 24.9 Å². The van der Waals surface area contributed by atoms with Crippen LogP contribution in [0.2, 0.25) is 0 Å². The van der Waals surface area contributed by atoms with Gasteiger partial charge in [-0.05, 0) is 32.3 Å². The Balaban J connectivity index is 0.000000276. The first-order chi connectivity index (χ1) is 18.1. The molecule has 2 aliphatic heterocycles. The molecule has 0 aromatic carbocycles. The lowest BCUT2D eigenvalue weighted by Crippen LogP contribution is -2.42. The van der Waals surface area contributed by atoms with E-state index in [2.05, 4.69) is 20.6 Å². The molecule has 4 rings (SSSR count). The number of nitrogens with zero attached hydrogens (tertiary/aromatic N) is 4. The monoisotopic (exact) mass is 560 g/mol. The third kappa shape index (κ3) is 6.84. The molecule has 1 saturated heterocycles. The number of fused-ring (bicyclic) bond motifs is 1. The molecular weight excluding hydrogens is 533 g/mol. The number of aromatic nitrogens is 4. The van der Waals surface area contributed by atoms with Crippen LogP contribution in [0.4, 0.5) is 19.0 Å². The number of anilines is 1. The Morgan fingerprint density at radius 2 is 1.77 bits per heavy atom. The summed E-state index contributed by atoms with van der Waals surface area (Å²) < 4.78 is 41.2. The fraction of sp³-hybridized carbons (Fsp3) is 0.545. The van der Waals surface area contributed by atoms with E-state index in [1.54, 1.807) is 24.0 Å². The van der Waals surface area contributed by atoms with Crippen molar-refractivity contribution in [3.8, 4) is 0 Å². The van der Waals surface area contributed by atoms with Crippen LogP contribution in [0.15, 0.2) is 18.3 Å². The number of carbonyl (C=O) groups excluding carboxylic acids is 1. The van der Waals surface area contributed by atoms with Gasteiger partial charge in [-0.1, -0.05) is 0 Å². The molecular formula is C22H27F3N6O8. The fourth-order valence-corrected chi connectivity index (χ4v) is 4.50. The zero-order valence-corrected chi connectivity index (χ0v) is 20.6. The number of likely N-dealkylation sites (tertiary alicyclic amines) is 1. The van der Waals surface area contributed by atoms with E-state index >= 15 is 0 Å². The van der Waals surface area contributed by atoms with Gasteiger partial charge < -0.3 is 30.6 Å². The van der Waals surface area contributed by atoms with Crippen LogP contribution in [0.1, 0.15) is 67.3 Å². The van der Waals surface area contributed by atoms with Crippen molar-refractivity contribution in [3.05, 3.63) is 29.7 Å². The summed E-state index contributed by atoms with van der Waals surface area (Å²) in [7, 11) is 0. The van der Waals surface area contributed by atoms with E-state index < -0.39 is 48.6 Å². The van der Waals surface area contributed by atoms with Gasteiger partial charge in [0, 0.05) is 24.8 Å². The maximum Gasteiger partial charge on any atom is 0.410 e. The Labute approximate surface area is 218 Å². The molecule has 0 spiro atoms. The minimum absolute atomic E-state index is 0.0704. The summed E-state index contributed by atoms with van der Waals surface area (Å²) >= 11 is 0. The van der Waals surface area contributed by atoms with E-state index in [1.165, 1.54) is 6.20 Å². The number of carboxylic acid groups (broad SMARTS) is 3. The molecule has 6 N–H and O–H groups in total. The average molecular weight is 560 g/mol. The number of alkyl halides is 3. The number of carboxylic acids is 3. The molecule has 1 unspecified atom stereocenters. The Morgan fingerprint density at radius 3 is 2.28 bits per heavy atom. The first-order valence-corrected chi connectivity index (χ1v) is 11.7. The molecule has 0 saturated carbocycles. The van der Waals surface area contributed by atoms with Crippen molar-refractivity contribution < 1.29 is 52.8 Å². The average Bonchev–Trinajstić information content (AvgIpc) is 3.56. The molecule has 17 heteroatoms. The van der Waals surface area contributed by atoms with E-state index in [-0.39, 0.29) is 24.4 Å².